The summed E-state index contributed by atoms with van der Waals surface area (Å²) in [7, 11) is 3.09. The number of carbonyl (C=O) groups excluding carboxylic acids is 1. The van der Waals surface area contributed by atoms with Crippen molar-refractivity contribution in [2.45, 2.75) is 19.8 Å². The van der Waals surface area contributed by atoms with Crippen molar-refractivity contribution in [1.29, 1.82) is 0 Å². The number of aromatic nitrogens is 3. The summed E-state index contributed by atoms with van der Waals surface area (Å²) >= 11 is 0. The Kier molecular flexibility index (Phi) is 5.12. The molecule has 1 aromatic carbocycles. The molecule has 1 heterocycles. The fourth-order valence-electron chi connectivity index (χ4n) is 2.41. The molecule has 0 saturated heterocycles. The first kappa shape index (κ1) is 17.4. The lowest BCUT2D eigenvalue weighted by Gasteiger charge is -2.15. The largest absolute Gasteiger partial charge is 0.465 e. The molecule has 0 fully saturated rings. The van der Waals surface area contributed by atoms with Crippen LogP contribution < -0.4 is 5.32 Å². The molecule has 24 heavy (non-hydrogen) atoms. The Labute approximate surface area is 138 Å². The molecule has 1 aromatic heterocycles. The van der Waals surface area contributed by atoms with E-state index in [0.717, 1.165) is 5.82 Å². The predicted molar refractivity (Wildman–Crippen MR) is 87.1 cm³/mol. The van der Waals surface area contributed by atoms with Gasteiger partial charge in [0.25, 0.3) is 5.69 Å². The Balaban J connectivity index is 2.28. The molecule has 128 valence electrons. The standard InChI is InChI=1S/C15H19N5O4/c1-9-5-12(11(15(21)24-4)6-13(9)20(22)23)16-7-10(2)14-18-17-8-19(14)3/h5-6,8,10,16H,7H2,1-4H3. The molecule has 0 saturated carbocycles. The van der Waals surface area contributed by atoms with Crippen molar-refractivity contribution >= 4 is 17.3 Å². The van der Waals surface area contributed by atoms with Crippen molar-refractivity contribution in [1.82, 2.24) is 14.8 Å². The Hall–Kier alpha value is -2.97. The van der Waals surface area contributed by atoms with Crippen molar-refractivity contribution in [2.24, 2.45) is 7.05 Å². The topological polar surface area (TPSA) is 112 Å². The molecule has 9 nitrogen and oxygen atoms in total. The highest BCUT2D eigenvalue weighted by atomic mass is 16.6. The van der Waals surface area contributed by atoms with Crippen LogP contribution in [0.25, 0.3) is 0 Å². The van der Waals surface area contributed by atoms with E-state index in [4.69, 9.17) is 4.74 Å². The lowest BCUT2D eigenvalue weighted by molar-refractivity contribution is -0.385. The fraction of sp³-hybridized carbons (Fsp3) is 0.400. The highest BCUT2D eigenvalue weighted by molar-refractivity contribution is 5.96. The summed E-state index contributed by atoms with van der Waals surface area (Å²) in [6, 6.07) is 2.81. The second-order valence-corrected chi connectivity index (χ2v) is 5.51. The van der Waals surface area contributed by atoms with Gasteiger partial charge in [0.05, 0.1) is 17.6 Å². The zero-order valence-electron chi connectivity index (χ0n) is 13.9. The van der Waals surface area contributed by atoms with E-state index in [1.54, 1.807) is 19.3 Å². The number of aryl methyl sites for hydroxylation is 2. The third-order valence-corrected chi connectivity index (χ3v) is 3.72. The first-order chi connectivity index (χ1) is 11.3. The summed E-state index contributed by atoms with van der Waals surface area (Å²) in [4.78, 5) is 22.5. The highest BCUT2D eigenvalue weighted by Crippen LogP contribution is 2.28. The van der Waals surface area contributed by atoms with Crippen molar-refractivity contribution in [3.05, 3.63) is 45.5 Å². The van der Waals surface area contributed by atoms with E-state index in [-0.39, 0.29) is 17.2 Å². The average molecular weight is 333 g/mol. The minimum Gasteiger partial charge on any atom is -0.465 e. The van der Waals surface area contributed by atoms with Gasteiger partial charge in [-0.3, -0.25) is 10.1 Å². The lowest BCUT2D eigenvalue weighted by Crippen LogP contribution is -2.16. The quantitative estimate of drug-likeness (QED) is 0.489. The maximum atomic E-state index is 11.9. The molecule has 9 heteroatoms. The van der Waals surface area contributed by atoms with Gasteiger partial charge in [-0.2, -0.15) is 0 Å². The van der Waals surface area contributed by atoms with Crippen LogP contribution >= 0.6 is 0 Å². The van der Waals surface area contributed by atoms with Crippen LogP contribution in [0, 0.1) is 17.0 Å². The van der Waals surface area contributed by atoms with Gasteiger partial charge in [0.1, 0.15) is 12.2 Å². The Morgan fingerprint density at radius 1 is 1.50 bits per heavy atom. The van der Waals surface area contributed by atoms with Gasteiger partial charge in [-0.15, -0.1) is 10.2 Å². The minimum absolute atomic E-state index is 0.0264. The lowest BCUT2D eigenvalue weighted by atomic mass is 10.1. The predicted octanol–water partition coefficient (Wildman–Crippen LogP) is 2.03. The van der Waals surface area contributed by atoms with Crippen molar-refractivity contribution < 1.29 is 14.5 Å². The van der Waals surface area contributed by atoms with Crippen LogP contribution in [0.2, 0.25) is 0 Å². The average Bonchev–Trinajstić information content (AvgIpc) is 2.97. The number of nitro groups is 1. The molecule has 2 aromatic rings. The van der Waals surface area contributed by atoms with E-state index in [1.807, 2.05) is 18.5 Å². The maximum absolute atomic E-state index is 11.9. The number of carbonyl (C=O) groups is 1. The summed E-state index contributed by atoms with van der Waals surface area (Å²) in [6.45, 7) is 4.07. The zero-order chi connectivity index (χ0) is 17.9. The molecule has 1 atom stereocenters. The van der Waals surface area contributed by atoms with E-state index >= 15 is 0 Å². The second kappa shape index (κ2) is 7.07. The van der Waals surface area contributed by atoms with Crippen LogP contribution in [-0.2, 0) is 11.8 Å². The summed E-state index contributed by atoms with van der Waals surface area (Å²) in [5.74, 6) is 0.186. The molecule has 1 N–H and O–H groups in total. The fourth-order valence-corrected chi connectivity index (χ4v) is 2.41. The number of anilines is 1. The van der Waals surface area contributed by atoms with Crippen LogP contribution in [-0.4, -0.2) is 39.3 Å². The number of nitrogens with one attached hydrogen (secondary N) is 1. The monoisotopic (exact) mass is 333 g/mol. The van der Waals surface area contributed by atoms with Gasteiger partial charge in [0, 0.05) is 36.8 Å². The van der Waals surface area contributed by atoms with Crippen molar-refractivity contribution in [2.75, 3.05) is 19.0 Å². The van der Waals surface area contributed by atoms with Gasteiger partial charge in [0.2, 0.25) is 0 Å². The Bertz CT molecular complexity index is 771. The first-order valence-electron chi connectivity index (χ1n) is 7.30. The molecule has 0 bridgehead atoms. The van der Waals surface area contributed by atoms with E-state index in [9.17, 15) is 14.9 Å². The Morgan fingerprint density at radius 2 is 2.21 bits per heavy atom. The molecule has 0 radical (unpaired) electrons. The van der Waals surface area contributed by atoms with E-state index in [1.165, 1.54) is 13.2 Å². The van der Waals surface area contributed by atoms with Crippen LogP contribution in [0.5, 0.6) is 0 Å². The summed E-state index contributed by atoms with van der Waals surface area (Å²) < 4.78 is 6.54. The van der Waals surface area contributed by atoms with Gasteiger partial charge in [-0.05, 0) is 13.0 Å². The minimum atomic E-state index is -0.632. The van der Waals surface area contributed by atoms with Crippen LogP contribution in [0.3, 0.4) is 0 Å². The number of benzene rings is 1. The number of methoxy groups -OCH3 is 1. The van der Waals surface area contributed by atoms with Crippen LogP contribution in [0.1, 0.15) is 34.6 Å². The number of hydrogen-bond donors (Lipinski definition) is 1. The van der Waals surface area contributed by atoms with Crippen molar-refractivity contribution in [3.63, 3.8) is 0 Å². The van der Waals surface area contributed by atoms with E-state index in [0.29, 0.717) is 17.8 Å². The number of ether oxygens (including phenoxy) is 1. The zero-order valence-corrected chi connectivity index (χ0v) is 13.9. The molecular weight excluding hydrogens is 314 g/mol. The van der Waals surface area contributed by atoms with Gasteiger partial charge in [-0.25, -0.2) is 4.79 Å². The summed E-state index contributed by atoms with van der Waals surface area (Å²) in [5, 5.41) is 22.1. The third kappa shape index (κ3) is 3.50. The molecule has 0 amide bonds. The highest BCUT2D eigenvalue weighted by Gasteiger charge is 2.21. The van der Waals surface area contributed by atoms with E-state index < -0.39 is 10.9 Å². The maximum Gasteiger partial charge on any atom is 0.340 e. The molecule has 0 aliphatic carbocycles. The van der Waals surface area contributed by atoms with Gasteiger partial charge in [-0.1, -0.05) is 6.92 Å². The molecule has 0 aliphatic heterocycles. The van der Waals surface area contributed by atoms with Gasteiger partial charge >= 0.3 is 5.97 Å². The molecule has 2 rings (SSSR count). The molecule has 0 aliphatic rings. The third-order valence-electron chi connectivity index (χ3n) is 3.72. The molecular formula is C15H19N5O4. The summed E-state index contributed by atoms with van der Waals surface area (Å²) in [5.41, 5.74) is 0.947. The van der Waals surface area contributed by atoms with Crippen LogP contribution in [0.15, 0.2) is 18.5 Å². The SMILES string of the molecule is COC(=O)c1cc([N+](=O)[O-])c(C)cc1NCC(C)c1nncn1C. The molecule has 0 spiro atoms. The van der Waals surface area contributed by atoms with Crippen LogP contribution in [0.4, 0.5) is 11.4 Å². The number of nitro benzene ring substituents is 1. The first-order valence-corrected chi connectivity index (χ1v) is 7.30. The number of esters is 1. The normalized spacial score (nSPS) is 11.8. The summed E-state index contributed by atoms with van der Waals surface area (Å²) in [6.07, 6.45) is 1.61. The number of rotatable bonds is 6. The van der Waals surface area contributed by atoms with Gasteiger partial charge in [0.15, 0.2) is 0 Å². The number of nitrogens with zero attached hydrogens (tertiary/aromatic N) is 4. The number of hydrogen-bond acceptors (Lipinski definition) is 7. The van der Waals surface area contributed by atoms with Gasteiger partial charge < -0.3 is 14.6 Å². The Morgan fingerprint density at radius 3 is 2.75 bits per heavy atom. The van der Waals surface area contributed by atoms with E-state index in [2.05, 4.69) is 15.5 Å². The molecule has 1 unspecified atom stereocenters. The second-order valence-electron chi connectivity index (χ2n) is 5.51. The smallest absolute Gasteiger partial charge is 0.340 e. The van der Waals surface area contributed by atoms with Crippen molar-refractivity contribution in [3.8, 4) is 0 Å².